The Hall–Kier alpha value is -4.15. The van der Waals surface area contributed by atoms with Crippen LogP contribution in [0.25, 0.3) is 5.76 Å². The van der Waals surface area contributed by atoms with Gasteiger partial charge in [0.25, 0.3) is 5.78 Å². The molecule has 10 heteroatoms. The Morgan fingerprint density at radius 1 is 0.951 bits per heavy atom. The van der Waals surface area contributed by atoms with Gasteiger partial charge in [0, 0.05) is 11.3 Å². The Labute approximate surface area is 246 Å². The number of ether oxygens (including phenoxy) is 2. The Morgan fingerprint density at radius 2 is 1.73 bits per heavy atom. The van der Waals surface area contributed by atoms with Crippen LogP contribution in [0.15, 0.2) is 88.8 Å². The summed E-state index contributed by atoms with van der Waals surface area (Å²) in [5.74, 6) is 0.0744. The van der Waals surface area contributed by atoms with Gasteiger partial charge in [-0.15, -0.1) is 10.2 Å². The predicted octanol–water partition coefficient (Wildman–Crippen LogP) is 6.64. The van der Waals surface area contributed by atoms with Gasteiger partial charge in [0.2, 0.25) is 5.13 Å². The number of anilines is 1. The fourth-order valence-corrected chi connectivity index (χ4v) is 6.27. The van der Waals surface area contributed by atoms with Crippen molar-refractivity contribution in [1.29, 1.82) is 0 Å². The third-order valence-corrected chi connectivity index (χ3v) is 8.46. The molecule has 0 saturated carbocycles. The lowest BCUT2D eigenvalue weighted by Crippen LogP contribution is -2.29. The first-order chi connectivity index (χ1) is 20.0. The van der Waals surface area contributed by atoms with Gasteiger partial charge in [-0.1, -0.05) is 72.5 Å². The lowest BCUT2D eigenvalue weighted by Gasteiger charge is -2.23. The highest BCUT2D eigenvalue weighted by Crippen LogP contribution is 2.44. The maximum atomic E-state index is 13.5. The van der Waals surface area contributed by atoms with Gasteiger partial charge < -0.3 is 14.6 Å². The zero-order valence-electron chi connectivity index (χ0n) is 22.6. The average Bonchev–Trinajstić information content (AvgIpc) is 3.57. The van der Waals surface area contributed by atoms with Crippen molar-refractivity contribution >= 4 is 45.7 Å². The van der Waals surface area contributed by atoms with E-state index in [1.807, 2.05) is 50.2 Å². The third kappa shape index (κ3) is 6.28. The van der Waals surface area contributed by atoms with E-state index in [0.29, 0.717) is 45.9 Å². The van der Waals surface area contributed by atoms with Crippen LogP contribution in [0.1, 0.15) is 43.0 Å². The molecule has 1 aromatic heterocycles. The smallest absolute Gasteiger partial charge is 0.301 e. The number of aliphatic hydroxyl groups excluding tert-OH is 1. The van der Waals surface area contributed by atoms with E-state index in [1.54, 1.807) is 42.5 Å². The molecule has 1 aliphatic heterocycles. The number of thioether (sulfide) groups is 1. The minimum absolute atomic E-state index is 0.0273. The molecule has 41 heavy (non-hydrogen) atoms. The average molecular weight is 588 g/mol. The number of nitrogens with zero attached hydrogens (tertiary/aromatic N) is 3. The normalized spacial score (nSPS) is 16.2. The molecule has 210 valence electrons. The summed E-state index contributed by atoms with van der Waals surface area (Å²) in [7, 11) is 0. The fraction of sp³-hybridized carbons (Fsp3) is 0.226. The van der Waals surface area contributed by atoms with Crippen molar-refractivity contribution in [2.24, 2.45) is 0 Å². The molecule has 1 N–H and O–H groups in total. The van der Waals surface area contributed by atoms with Crippen molar-refractivity contribution in [1.82, 2.24) is 10.2 Å². The van der Waals surface area contributed by atoms with E-state index in [0.717, 1.165) is 12.0 Å². The van der Waals surface area contributed by atoms with Crippen LogP contribution in [0, 0.1) is 0 Å². The largest absolute Gasteiger partial charge is 0.507 e. The van der Waals surface area contributed by atoms with Crippen molar-refractivity contribution in [3.8, 4) is 11.5 Å². The van der Waals surface area contributed by atoms with Crippen molar-refractivity contribution < 1.29 is 24.2 Å². The van der Waals surface area contributed by atoms with E-state index in [-0.39, 0.29) is 16.5 Å². The van der Waals surface area contributed by atoms with Crippen LogP contribution in [0.2, 0.25) is 0 Å². The molecule has 1 aliphatic rings. The minimum atomic E-state index is -0.924. The van der Waals surface area contributed by atoms with Gasteiger partial charge >= 0.3 is 5.91 Å². The zero-order chi connectivity index (χ0) is 28.8. The molecule has 5 rings (SSSR count). The minimum Gasteiger partial charge on any atom is -0.507 e. The Morgan fingerprint density at radius 3 is 2.46 bits per heavy atom. The number of ketones is 1. The van der Waals surface area contributed by atoms with Crippen LogP contribution in [0.5, 0.6) is 11.5 Å². The number of rotatable bonds is 11. The predicted molar refractivity (Wildman–Crippen MR) is 161 cm³/mol. The Bertz CT molecular complexity index is 1550. The van der Waals surface area contributed by atoms with Gasteiger partial charge in [-0.25, -0.2) is 0 Å². The first kappa shape index (κ1) is 28.4. The summed E-state index contributed by atoms with van der Waals surface area (Å²) in [5, 5.41) is 20.3. The first-order valence-electron chi connectivity index (χ1n) is 13.3. The molecule has 2 heterocycles. The topological polar surface area (TPSA) is 102 Å². The standard InChI is InChI=1S/C31H29N3O5S2/c1-3-17-39-24-12-8-11-22(18-24)26-25(27(35)21-13-15-23(16-14-21)38-4-2)28(36)29(37)34(26)30-32-33-31(41-30)40-19-20-9-6-5-7-10-20/h5-16,18,26,35H,3-4,17,19H2,1-2H3/b27-25+. The SMILES string of the molecule is CCCOc1cccc(C2/C(=C(\O)c3ccc(OCC)cc3)C(=O)C(=O)N2c2nnc(SCc3ccccc3)s2)c1. The monoisotopic (exact) mass is 587 g/mol. The second-order valence-electron chi connectivity index (χ2n) is 9.17. The van der Waals surface area contributed by atoms with Crippen molar-refractivity contribution in [2.75, 3.05) is 18.1 Å². The summed E-state index contributed by atoms with van der Waals surface area (Å²) in [6.45, 7) is 4.92. The fourth-order valence-electron chi connectivity index (χ4n) is 4.45. The molecule has 1 unspecified atom stereocenters. The van der Waals surface area contributed by atoms with Crippen LogP contribution in [0.3, 0.4) is 0 Å². The number of carbonyl (C=O) groups excluding carboxylic acids is 2. The molecule has 0 bridgehead atoms. The number of hydrogen-bond donors (Lipinski definition) is 1. The van der Waals surface area contributed by atoms with Crippen molar-refractivity contribution in [2.45, 2.75) is 36.4 Å². The highest BCUT2D eigenvalue weighted by molar-refractivity contribution is 8.00. The maximum absolute atomic E-state index is 13.5. The van der Waals surface area contributed by atoms with Gasteiger partial charge in [0.05, 0.1) is 24.8 Å². The van der Waals surface area contributed by atoms with E-state index in [2.05, 4.69) is 10.2 Å². The molecule has 0 aliphatic carbocycles. The van der Waals surface area contributed by atoms with Gasteiger partial charge in [0.1, 0.15) is 17.3 Å². The number of carbonyl (C=O) groups is 2. The number of aromatic nitrogens is 2. The third-order valence-electron chi connectivity index (χ3n) is 6.34. The molecule has 0 spiro atoms. The number of amides is 1. The molecule has 1 amide bonds. The molecule has 0 radical (unpaired) electrons. The summed E-state index contributed by atoms with van der Waals surface area (Å²) < 4.78 is 12.0. The molecule has 4 aromatic rings. The summed E-state index contributed by atoms with van der Waals surface area (Å²) in [6.07, 6.45) is 0.828. The van der Waals surface area contributed by atoms with Crippen LogP contribution in [-0.4, -0.2) is 40.2 Å². The van der Waals surface area contributed by atoms with Crippen LogP contribution in [0.4, 0.5) is 5.13 Å². The zero-order valence-corrected chi connectivity index (χ0v) is 24.3. The molecule has 1 saturated heterocycles. The van der Waals surface area contributed by atoms with Gasteiger partial charge in [-0.05, 0) is 60.9 Å². The second kappa shape index (κ2) is 13.0. The molecule has 8 nitrogen and oxygen atoms in total. The van der Waals surface area contributed by atoms with E-state index in [9.17, 15) is 14.7 Å². The number of aliphatic hydroxyl groups is 1. The van der Waals surface area contributed by atoms with E-state index >= 15 is 0 Å². The van der Waals surface area contributed by atoms with Gasteiger partial charge in [0.15, 0.2) is 4.34 Å². The highest BCUT2D eigenvalue weighted by Gasteiger charge is 2.48. The highest BCUT2D eigenvalue weighted by atomic mass is 32.2. The first-order valence-corrected chi connectivity index (χ1v) is 15.1. The second-order valence-corrected chi connectivity index (χ2v) is 11.4. The van der Waals surface area contributed by atoms with Crippen molar-refractivity contribution in [3.63, 3.8) is 0 Å². The van der Waals surface area contributed by atoms with Crippen LogP contribution < -0.4 is 14.4 Å². The maximum Gasteiger partial charge on any atom is 0.301 e. The van der Waals surface area contributed by atoms with E-state index < -0.39 is 17.7 Å². The van der Waals surface area contributed by atoms with Gasteiger partial charge in [-0.2, -0.15) is 0 Å². The Kier molecular flexibility index (Phi) is 9.01. The van der Waals surface area contributed by atoms with Gasteiger partial charge in [-0.3, -0.25) is 14.5 Å². The lowest BCUT2D eigenvalue weighted by molar-refractivity contribution is -0.132. The number of benzene rings is 3. The Balaban J connectivity index is 1.54. The quantitative estimate of drug-likeness (QED) is 0.0685. The van der Waals surface area contributed by atoms with Crippen LogP contribution in [-0.2, 0) is 15.3 Å². The molecular weight excluding hydrogens is 558 g/mol. The summed E-state index contributed by atoms with van der Waals surface area (Å²) in [5.41, 5.74) is 2.11. The van der Waals surface area contributed by atoms with Crippen molar-refractivity contribution in [3.05, 3.63) is 101 Å². The summed E-state index contributed by atoms with van der Waals surface area (Å²) in [4.78, 5) is 28.4. The van der Waals surface area contributed by atoms with Crippen LogP contribution >= 0.6 is 23.1 Å². The number of hydrogen-bond acceptors (Lipinski definition) is 9. The molecular formula is C31H29N3O5S2. The summed E-state index contributed by atoms with van der Waals surface area (Å²) >= 11 is 2.73. The molecule has 1 atom stereocenters. The summed E-state index contributed by atoms with van der Waals surface area (Å²) in [6, 6.07) is 23.0. The van der Waals surface area contributed by atoms with E-state index in [1.165, 1.54) is 28.0 Å². The lowest BCUT2D eigenvalue weighted by atomic mass is 9.95. The number of Topliss-reactive ketones (excluding diaryl/α,β-unsaturated/α-hetero) is 1. The van der Waals surface area contributed by atoms with E-state index in [4.69, 9.17) is 9.47 Å². The molecule has 1 fully saturated rings. The molecule has 3 aromatic carbocycles.